The first-order valence-corrected chi connectivity index (χ1v) is 8.81. The summed E-state index contributed by atoms with van der Waals surface area (Å²) >= 11 is 1.72. The minimum absolute atomic E-state index is 0.340. The third-order valence-electron chi connectivity index (χ3n) is 3.88. The van der Waals surface area contributed by atoms with E-state index in [0.717, 1.165) is 31.5 Å². The van der Waals surface area contributed by atoms with Crippen LogP contribution in [0.15, 0.2) is 46.9 Å². The van der Waals surface area contributed by atoms with E-state index in [4.69, 9.17) is 4.84 Å². The lowest BCUT2D eigenvalue weighted by molar-refractivity contribution is 0.0985. The predicted molar refractivity (Wildman–Crippen MR) is 93.9 cm³/mol. The lowest BCUT2D eigenvalue weighted by Crippen LogP contribution is -2.35. The predicted octanol–water partition coefficient (Wildman–Crippen LogP) is 4.57. The Labute approximate surface area is 140 Å². The van der Waals surface area contributed by atoms with Crippen molar-refractivity contribution in [1.82, 2.24) is 4.90 Å². The van der Waals surface area contributed by atoms with Gasteiger partial charge in [-0.05, 0) is 47.9 Å². The second-order valence-electron chi connectivity index (χ2n) is 5.57. The fourth-order valence-corrected chi connectivity index (χ4v) is 3.38. The number of carbonyl (C=O) groups is 1. The van der Waals surface area contributed by atoms with Gasteiger partial charge in [0.2, 0.25) is 0 Å². The highest BCUT2D eigenvalue weighted by Gasteiger charge is 2.17. The summed E-state index contributed by atoms with van der Waals surface area (Å²) < 4.78 is 0. The van der Waals surface area contributed by atoms with Gasteiger partial charge in [0.15, 0.2) is 0 Å². The van der Waals surface area contributed by atoms with Crippen LogP contribution in [0.2, 0.25) is 0 Å². The zero-order valence-electron chi connectivity index (χ0n) is 13.0. The molecule has 1 aliphatic heterocycles. The molecular weight excluding hydrogens is 308 g/mol. The minimum atomic E-state index is -0.340. The Bertz CT molecular complexity index is 661. The van der Waals surface area contributed by atoms with Gasteiger partial charge in [-0.25, -0.2) is 4.79 Å². The summed E-state index contributed by atoms with van der Waals surface area (Å²) in [5, 5.41) is 5.89. The molecular formula is C18H20N2O2S. The van der Waals surface area contributed by atoms with Gasteiger partial charge < -0.3 is 4.90 Å². The smallest absolute Gasteiger partial charge is 0.306 e. The van der Waals surface area contributed by atoms with E-state index < -0.39 is 0 Å². The topological polar surface area (TPSA) is 41.9 Å². The van der Waals surface area contributed by atoms with Crippen LogP contribution in [0, 0.1) is 0 Å². The fraction of sp³-hybridized carbons (Fsp3) is 0.333. The van der Waals surface area contributed by atoms with E-state index >= 15 is 0 Å². The first-order chi connectivity index (χ1) is 11.3. The lowest BCUT2D eigenvalue weighted by atomic mass is 10.1. The summed E-state index contributed by atoms with van der Waals surface area (Å²) in [6.07, 6.45) is 5.24. The second kappa shape index (κ2) is 7.92. The Balaban J connectivity index is 1.52. The van der Waals surface area contributed by atoms with E-state index in [1.165, 1.54) is 16.9 Å². The maximum atomic E-state index is 11.8. The van der Waals surface area contributed by atoms with Crippen molar-refractivity contribution in [1.29, 1.82) is 0 Å². The summed E-state index contributed by atoms with van der Waals surface area (Å²) in [4.78, 5) is 19.7. The average molecular weight is 328 g/mol. The number of amides is 1. The van der Waals surface area contributed by atoms with E-state index in [0.29, 0.717) is 6.42 Å². The molecule has 1 amide bonds. The normalized spacial score (nSPS) is 15.0. The van der Waals surface area contributed by atoms with Crippen molar-refractivity contribution in [3.8, 4) is 10.4 Å². The third-order valence-corrected chi connectivity index (χ3v) is 4.80. The highest BCUT2D eigenvalue weighted by Crippen LogP contribution is 2.25. The number of likely N-dealkylation sites (tertiary alicyclic amines) is 1. The quantitative estimate of drug-likeness (QED) is 0.469. The van der Waals surface area contributed by atoms with Gasteiger partial charge in [0.1, 0.15) is 0 Å². The van der Waals surface area contributed by atoms with Crippen LogP contribution >= 0.6 is 11.3 Å². The molecule has 2 heterocycles. The molecule has 4 nitrogen and oxygen atoms in total. The summed E-state index contributed by atoms with van der Waals surface area (Å²) in [6.45, 7) is 1.55. The third kappa shape index (κ3) is 4.42. The van der Waals surface area contributed by atoms with E-state index in [1.54, 1.807) is 22.5 Å². The first kappa shape index (κ1) is 15.7. The number of hydrogen-bond donors (Lipinski definition) is 0. The molecule has 1 aliphatic rings. The van der Waals surface area contributed by atoms with E-state index in [1.807, 2.05) is 12.1 Å². The van der Waals surface area contributed by atoms with Crippen LogP contribution in [-0.4, -0.2) is 30.3 Å². The van der Waals surface area contributed by atoms with Crippen molar-refractivity contribution in [3.63, 3.8) is 0 Å². The number of nitrogens with zero attached hydrogens (tertiary/aromatic N) is 2. The molecule has 0 spiro atoms. The minimum Gasteiger partial charge on any atom is -0.306 e. The Morgan fingerprint density at radius 3 is 2.87 bits per heavy atom. The molecule has 1 aromatic heterocycles. The Morgan fingerprint density at radius 2 is 2.09 bits per heavy atom. The van der Waals surface area contributed by atoms with Gasteiger partial charge in [-0.1, -0.05) is 29.4 Å². The molecule has 1 fully saturated rings. The molecule has 0 N–H and O–H groups in total. The van der Waals surface area contributed by atoms with Crippen LogP contribution < -0.4 is 0 Å². The maximum absolute atomic E-state index is 11.8. The Morgan fingerprint density at radius 1 is 1.22 bits per heavy atom. The number of hydrogen-bond acceptors (Lipinski definition) is 4. The van der Waals surface area contributed by atoms with Crippen LogP contribution in [0.1, 0.15) is 24.8 Å². The van der Waals surface area contributed by atoms with E-state index in [2.05, 4.69) is 34.8 Å². The molecule has 0 saturated carbocycles. The molecule has 5 heteroatoms. The molecule has 0 atom stereocenters. The van der Waals surface area contributed by atoms with E-state index in [-0.39, 0.29) is 6.09 Å². The average Bonchev–Trinajstić information content (AvgIpc) is 3.14. The molecule has 0 unspecified atom stereocenters. The van der Waals surface area contributed by atoms with Crippen LogP contribution in [0.4, 0.5) is 4.79 Å². The Hall–Kier alpha value is -2.14. The van der Waals surface area contributed by atoms with Crippen molar-refractivity contribution in [3.05, 3.63) is 47.3 Å². The molecule has 1 saturated heterocycles. The van der Waals surface area contributed by atoms with Crippen LogP contribution in [0.5, 0.6) is 0 Å². The highest BCUT2D eigenvalue weighted by atomic mass is 32.1. The number of rotatable bonds is 4. The highest BCUT2D eigenvalue weighted by molar-refractivity contribution is 7.13. The summed E-state index contributed by atoms with van der Waals surface area (Å²) in [5.41, 5.74) is 2.35. The van der Waals surface area contributed by atoms with Crippen molar-refractivity contribution >= 4 is 23.6 Å². The van der Waals surface area contributed by atoms with Crippen molar-refractivity contribution in [2.24, 2.45) is 5.16 Å². The van der Waals surface area contributed by atoms with Crippen molar-refractivity contribution < 1.29 is 9.63 Å². The van der Waals surface area contributed by atoms with Gasteiger partial charge >= 0.3 is 6.09 Å². The molecule has 3 rings (SSSR count). The SMILES string of the molecule is O=C(ON=CCc1cccc(-c2cccs2)c1)N1CCCCC1. The zero-order valence-corrected chi connectivity index (χ0v) is 13.8. The van der Waals surface area contributed by atoms with Gasteiger partial charge in [-0.15, -0.1) is 11.3 Å². The molecule has 120 valence electrons. The molecule has 0 aliphatic carbocycles. The van der Waals surface area contributed by atoms with Crippen molar-refractivity contribution in [2.45, 2.75) is 25.7 Å². The van der Waals surface area contributed by atoms with Crippen LogP contribution in [0.3, 0.4) is 0 Å². The van der Waals surface area contributed by atoms with Gasteiger partial charge in [0.25, 0.3) is 0 Å². The van der Waals surface area contributed by atoms with E-state index in [9.17, 15) is 4.79 Å². The van der Waals surface area contributed by atoms with Crippen molar-refractivity contribution in [2.75, 3.05) is 13.1 Å². The number of carbonyl (C=O) groups excluding carboxylic acids is 1. The number of thiophene rings is 1. The van der Waals surface area contributed by atoms with Crippen LogP contribution in [0.25, 0.3) is 10.4 Å². The Kier molecular flexibility index (Phi) is 5.42. The second-order valence-corrected chi connectivity index (χ2v) is 6.52. The zero-order chi connectivity index (χ0) is 15.9. The van der Waals surface area contributed by atoms with Gasteiger partial charge in [-0.2, -0.15) is 0 Å². The summed E-state index contributed by atoms with van der Waals surface area (Å²) in [6, 6.07) is 12.5. The standard InChI is InChI=1S/C18H20N2O2S/c21-18(20-11-2-1-3-12-20)22-19-10-9-15-6-4-7-16(14-15)17-8-5-13-23-17/h4-8,10,13-14H,1-3,9,11-12H2. The number of benzene rings is 1. The summed E-state index contributed by atoms with van der Waals surface area (Å²) in [5.74, 6) is 0. The summed E-state index contributed by atoms with van der Waals surface area (Å²) in [7, 11) is 0. The maximum Gasteiger partial charge on any atom is 0.435 e. The first-order valence-electron chi connectivity index (χ1n) is 7.93. The van der Waals surface area contributed by atoms with Crippen LogP contribution in [-0.2, 0) is 11.3 Å². The molecule has 0 bridgehead atoms. The lowest BCUT2D eigenvalue weighted by Gasteiger charge is -2.24. The molecule has 2 aromatic rings. The van der Waals surface area contributed by atoms with Gasteiger partial charge in [0, 0.05) is 30.6 Å². The monoisotopic (exact) mass is 328 g/mol. The fourth-order valence-electron chi connectivity index (χ4n) is 2.65. The number of piperidine rings is 1. The number of oxime groups is 1. The molecule has 23 heavy (non-hydrogen) atoms. The van der Waals surface area contributed by atoms with Gasteiger partial charge in [0.05, 0.1) is 0 Å². The molecule has 0 radical (unpaired) electrons. The largest absolute Gasteiger partial charge is 0.435 e. The molecule has 1 aromatic carbocycles. The van der Waals surface area contributed by atoms with Gasteiger partial charge in [-0.3, -0.25) is 4.84 Å².